The molecule has 98 valence electrons. The Morgan fingerprint density at radius 2 is 1.60 bits per heavy atom. The Morgan fingerprint density at radius 1 is 0.950 bits per heavy atom. The van der Waals surface area contributed by atoms with Gasteiger partial charge in [0.2, 0.25) is 0 Å². The van der Waals surface area contributed by atoms with E-state index in [1.807, 2.05) is 18.2 Å². The van der Waals surface area contributed by atoms with Gasteiger partial charge in [-0.05, 0) is 18.2 Å². The molecule has 5 heteroatoms. The van der Waals surface area contributed by atoms with Crippen LogP contribution in [-0.2, 0) is 0 Å². The van der Waals surface area contributed by atoms with Crippen molar-refractivity contribution in [2.45, 2.75) is 0 Å². The van der Waals surface area contributed by atoms with Crippen LogP contribution in [0.15, 0.2) is 59.6 Å². The van der Waals surface area contributed by atoms with Gasteiger partial charge in [-0.15, -0.1) is 0 Å². The molecule has 0 radical (unpaired) electrons. The third kappa shape index (κ3) is 2.29. The Kier molecular flexibility index (Phi) is 3.01. The summed E-state index contributed by atoms with van der Waals surface area (Å²) in [6, 6.07) is 15.5. The maximum absolute atomic E-state index is 11.8. The molecule has 3 rings (SSSR count). The van der Waals surface area contributed by atoms with Gasteiger partial charge < -0.3 is 10.6 Å². The second-order valence-corrected chi connectivity index (χ2v) is 4.26. The molecule has 0 saturated carbocycles. The summed E-state index contributed by atoms with van der Waals surface area (Å²) in [5.74, 6) is 0.0332. The van der Waals surface area contributed by atoms with Crippen molar-refractivity contribution in [2.24, 2.45) is 4.99 Å². The Hall–Kier alpha value is -2.95. The van der Waals surface area contributed by atoms with Crippen LogP contribution in [0.2, 0.25) is 0 Å². The van der Waals surface area contributed by atoms with Crippen LogP contribution in [0.1, 0.15) is 15.9 Å². The predicted octanol–water partition coefficient (Wildman–Crippen LogP) is 2.41. The maximum Gasteiger partial charge on any atom is 0.347 e. The number of fused-ring (bicyclic) bond motifs is 1. The number of nitrogens with zero attached hydrogens (tertiary/aromatic N) is 1. The molecule has 0 aliphatic carbocycles. The van der Waals surface area contributed by atoms with Gasteiger partial charge in [0.1, 0.15) is 5.84 Å². The predicted molar refractivity (Wildman–Crippen MR) is 75.9 cm³/mol. The number of carbonyl (C=O) groups is 2. The van der Waals surface area contributed by atoms with E-state index in [2.05, 4.69) is 15.6 Å². The van der Waals surface area contributed by atoms with Gasteiger partial charge >= 0.3 is 6.03 Å². The Labute approximate surface area is 115 Å². The van der Waals surface area contributed by atoms with Gasteiger partial charge in [0.25, 0.3) is 5.91 Å². The monoisotopic (exact) mass is 265 g/mol. The topological polar surface area (TPSA) is 70.6 Å². The highest BCUT2D eigenvalue weighted by molar-refractivity contribution is 6.25. The normalized spacial score (nSPS) is 14.8. The van der Waals surface area contributed by atoms with E-state index < -0.39 is 6.03 Å². The number of para-hydroxylation sites is 1. The van der Waals surface area contributed by atoms with Gasteiger partial charge in [-0.1, -0.05) is 36.4 Å². The fourth-order valence-electron chi connectivity index (χ4n) is 1.99. The molecule has 0 spiro atoms. The molecule has 1 heterocycles. The fraction of sp³-hybridized carbons (Fsp3) is 0. The van der Waals surface area contributed by atoms with E-state index in [9.17, 15) is 9.59 Å². The van der Waals surface area contributed by atoms with Crippen molar-refractivity contribution in [2.75, 3.05) is 5.32 Å². The number of benzene rings is 2. The number of rotatable bonds is 1. The average Bonchev–Trinajstić information content (AvgIpc) is 2.77. The fourth-order valence-corrected chi connectivity index (χ4v) is 1.99. The van der Waals surface area contributed by atoms with Crippen molar-refractivity contribution in [3.05, 3.63) is 65.7 Å². The molecule has 3 amide bonds. The molecule has 0 saturated heterocycles. The molecule has 0 aromatic heterocycles. The Morgan fingerprint density at radius 3 is 2.35 bits per heavy atom. The summed E-state index contributed by atoms with van der Waals surface area (Å²) in [7, 11) is 0. The molecule has 0 atom stereocenters. The SMILES string of the molecule is O=C(/N=C1/NC(=O)c2ccccc21)Nc1ccccc1. The zero-order chi connectivity index (χ0) is 13.9. The zero-order valence-electron chi connectivity index (χ0n) is 10.5. The summed E-state index contributed by atoms with van der Waals surface area (Å²) in [5.41, 5.74) is 1.82. The highest BCUT2D eigenvalue weighted by Gasteiger charge is 2.24. The lowest BCUT2D eigenvalue weighted by molar-refractivity contribution is 0.0983. The largest absolute Gasteiger partial charge is 0.347 e. The third-order valence-electron chi connectivity index (χ3n) is 2.90. The molecular weight excluding hydrogens is 254 g/mol. The van der Waals surface area contributed by atoms with E-state index >= 15 is 0 Å². The summed E-state index contributed by atoms with van der Waals surface area (Å²) < 4.78 is 0. The van der Waals surface area contributed by atoms with E-state index in [0.717, 1.165) is 0 Å². The number of amidine groups is 1. The molecule has 0 unspecified atom stereocenters. The minimum atomic E-state index is -0.525. The number of carbonyl (C=O) groups excluding carboxylic acids is 2. The number of hydrogen-bond acceptors (Lipinski definition) is 2. The van der Waals surface area contributed by atoms with Crippen LogP contribution in [0.3, 0.4) is 0 Å². The number of aliphatic imine (C=N–C) groups is 1. The lowest BCUT2D eigenvalue weighted by Gasteiger charge is -2.02. The van der Waals surface area contributed by atoms with Crippen molar-refractivity contribution in [1.82, 2.24) is 5.32 Å². The standard InChI is InChI=1S/C15H11N3O2/c19-14-12-9-5-4-8-11(12)13(17-14)18-15(20)16-10-6-2-1-3-7-10/h1-9H,(H2,16,17,18,19,20). The highest BCUT2D eigenvalue weighted by atomic mass is 16.2. The van der Waals surface area contributed by atoms with Crippen LogP contribution in [0, 0.1) is 0 Å². The molecule has 0 fully saturated rings. The minimum Gasteiger partial charge on any atom is -0.306 e. The van der Waals surface area contributed by atoms with Gasteiger partial charge in [0.05, 0.1) is 5.56 Å². The van der Waals surface area contributed by atoms with Gasteiger partial charge in [0, 0.05) is 11.3 Å². The lowest BCUT2D eigenvalue weighted by atomic mass is 10.1. The summed E-state index contributed by atoms with van der Waals surface area (Å²) in [5, 5.41) is 5.22. The summed E-state index contributed by atoms with van der Waals surface area (Å²) >= 11 is 0. The first-order valence-electron chi connectivity index (χ1n) is 6.09. The van der Waals surface area contributed by atoms with Gasteiger partial charge in [-0.2, -0.15) is 4.99 Å². The smallest absolute Gasteiger partial charge is 0.306 e. The maximum atomic E-state index is 11.8. The zero-order valence-corrected chi connectivity index (χ0v) is 10.5. The number of urea groups is 1. The quantitative estimate of drug-likeness (QED) is 0.831. The van der Waals surface area contributed by atoms with Crippen LogP contribution < -0.4 is 10.6 Å². The second-order valence-electron chi connectivity index (χ2n) is 4.26. The number of hydrogen-bond donors (Lipinski definition) is 2. The van der Waals surface area contributed by atoms with Crippen LogP contribution in [0.4, 0.5) is 10.5 Å². The Balaban J connectivity index is 1.84. The van der Waals surface area contributed by atoms with E-state index in [1.54, 1.807) is 36.4 Å². The first kappa shape index (κ1) is 12.1. The molecule has 1 aliphatic heterocycles. The van der Waals surface area contributed by atoms with Crippen molar-refractivity contribution in [1.29, 1.82) is 0 Å². The summed E-state index contributed by atoms with van der Waals surface area (Å²) in [4.78, 5) is 27.4. The summed E-state index contributed by atoms with van der Waals surface area (Å²) in [6.07, 6.45) is 0. The first-order chi connectivity index (χ1) is 9.74. The third-order valence-corrected chi connectivity index (χ3v) is 2.90. The molecule has 2 aromatic rings. The molecule has 0 bridgehead atoms. The molecule has 1 aliphatic rings. The molecular formula is C15H11N3O2. The number of anilines is 1. The van der Waals surface area contributed by atoms with Crippen LogP contribution in [0.5, 0.6) is 0 Å². The van der Waals surface area contributed by atoms with Gasteiger partial charge in [-0.3, -0.25) is 4.79 Å². The first-order valence-corrected chi connectivity index (χ1v) is 6.09. The van der Waals surface area contributed by atoms with Crippen LogP contribution in [-0.4, -0.2) is 17.8 Å². The van der Waals surface area contributed by atoms with Crippen molar-refractivity contribution >= 4 is 23.5 Å². The number of amides is 3. The van der Waals surface area contributed by atoms with E-state index in [4.69, 9.17) is 0 Å². The van der Waals surface area contributed by atoms with Crippen molar-refractivity contribution < 1.29 is 9.59 Å². The number of nitrogens with one attached hydrogen (secondary N) is 2. The van der Waals surface area contributed by atoms with E-state index in [-0.39, 0.29) is 11.7 Å². The van der Waals surface area contributed by atoms with Gasteiger partial charge in [0.15, 0.2) is 0 Å². The summed E-state index contributed by atoms with van der Waals surface area (Å²) in [6.45, 7) is 0. The van der Waals surface area contributed by atoms with Crippen LogP contribution in [0.25, 0.3) is 0 Å². The van der Waals surface area contributed by atoms with Crippen molar-refractivity contribution in [3.8, 4) is 0 Å². The Bertz CT molecular complexity index is 708. The molecule has 2 aromatic carbocycles. The minimum absolute atomic E-state index is 0.244. The second kappa shape index (κ2) is 4.97. The highest BCUT2D eigenvalue weighted by Crippen LogP contribution is 2.15. The van der Waals surface area contributed by atoms with Crippen LogP contribution >= 0.6 is 0 Å². The average molecular weight is 265 g/mol. The van der Waals surface area contributed by atoms with Gasteiger partial charge in [-0.25, -0.2) is 4.79 Å². The van der Waals surface area contributed by atoms with Crippen molar-refractivity contribution in [3.63, 3.8) is 0 Å². The lowest BCUT2D eigenvalue weighted by Crippen LogP contribution is -2.23. The molecule has 2 N–H and O–H groups in total. The van der Waals surface area contributed by atoms with E-state index in [1.165, 1.54) is 0 Å². The molecule has 20 heavy (non-hydrogen) atoms. The van der Waals surface area contributed by atoms with E-state index in [0.29, 0.717) is 16.8 Å². The molecule has 5 nitrogen and oxygen atoms in total.